The van der Waals surface area contributed by atoms with E-state index in [9.17, 15) is 4.79 Å². The SMILES string of the molecule is CC(C)(C)c1ccc(C=C2CCc3c2nc2ccccc2c3C(=O)OCc2cccc3ccccc23)cc1. The lowest BCUT2D eigenvalue weighted by atomic mass is 9.86. The third kappa shape index (κ3) is 4.50. The van der Waals surface area contributed by atoms with Crippen LogP contribution in [0.3, 0.4) is 0 Å². The van der Waals surface area contributed by atoms with Gasteiger partial charge in [-0.2, -0.15) is 0 Å². The quantitative estimate of drug-likeness (QED) is 0.234. The molecule has 0 bridgehead atoms. The molecule has 1 aliphatic rings. The van der Waals surface area contributed by atoms with Crippen molar-refractivity contribution < 1.29 is 9.53 Å². The van der Waals surface area contributed by atoms with Gasteiger partial charge in [0.1, 0.15) is 6.61 Å². The molecule has 3 heteroatoms. The van der Waals surface area contributed by atoms with Gasteiger partial charge in [-0.3, -0.25) is 0 Å². The molecule has 0 N–H and O–H groups in total. The van der Waals surface area contributed by atoms with Gasteiger partial charge in [0.2, 0.25) is 0 Å². The van der Waals surface area contributed by atoms with E-state index < -0.39 is 0 Å². The molecule has 1 aromatic heterocycles. The minimum Gasteiger partial charge on any atom is -0.457 e. The van der Waals surface area contributed by atoms with Gasteiger partial charge < -0.3 is 4.74 Å². The Morgan fingerprint density at radius 2 is 1.55 bits per heavy atom. The van der Waals surface area contributed by atoms with Crippen LogP contribution < -0.4 is 0 Å². The van der Waals surface area contributed by atoms with Gasteiger partial charge in [-0.05, 0) is 69.0 Å². The van der Waals surface area contributed by atoms with Crippen molar-refractivity contribution in [2.45, 2.75) is 45.6 Å². The fourth-order valence-electron chi connectivity index (χ4n) is 5.43. The van der Waals surface area contributed by atoms with Crippen molar-refractivity contribution in [3.05, 3.63) is 125 Å². The third-order valence-electron chi connectivity index (χ3n) is 7.50. The van der Waals surface area contributed by atoms with Gasteiger partial charge in [0.05, 0.1) is 16.8 Å². The zero-order valence-electron chi connectivity index (χ0n) is 22.1. The number of carbonyl (C=O) groups excluding carboxylic acids is 1. The molecule has 3 nitrogen and oxygen atoms in total. The fourth-order valence-corrected chi connectivity index (χ4v) is 5.43. The molecular weight excluding hydrogens is 466 g/mol. The summed E-state index contributed by atoms with van der Waals surface area (Å²) in [6, 6.07) is 30.9. The molecule has 188 valence electrons. The Labute approximate surface area is 223 Å². The smallest absolute Gasteiger partial charge is 0.339 e. The summed E-state index contributed by atoms with van der Waals surface area (Å²) >= 11 is 0. The molecule has 0 radical (unpaired) electrons. The van der Waals surface area contributed by atoms with Crippen LogP contribution in [0.25, 0.3) is 33.3 Å². The van der Waals surface area contributed by atoms with Crippen LogP contribution >= 0.6 is 0 Å². The predicted molar refractivity (Wildman–Crippen MR) is 156 cm³/mol. The number of carbonyl (C=O) groups is 1. The summed E-state index contributed by atoms with van der Waals surface area (Å²) in [6.45, 7) is 6.91. The van der Waals surface area contributed by atoms with Gasteiger partial charge in [0.25, 0.3) is 0 Å². The zero-order chi connectivity index (χ0) is 26.3. The van der Waals surface area contributed by atoms with Crippen molar-refractivity contribution in [1.82, 2.24) is 4.98 Å². The van der Waals surface area contributed by atoms with E-state index in [1.807, 2.05) is 48.5 Å². The lowest BCUT2D eigenvalue weighted by molar-refractivity contribution is 0.0475. The van der Waals surface area contributed by atoms with Crippen molar-refractivity contribution >= 4 is 39.3 Å². The minimum absolute atomic E-state index is 0.118. The van der Waals surface area contributed by atoms with Crippen LogP contribution in [0, 0.1) is 0 Å². The summed E-state index contributed by atoms with van der Waals surface area (Å²) in [4.78, 5) is 18.7. The van der Waals surface area contributed by atoms with Gasteiger partial charge in [0, 0.05) is 5.39 Å². The summed E-state index contributed by atoms with van der Waals surface area (Å²) < 4.78 is 5.97. The zero-order valence-corrected chi connectivity index (χ0v) is 22.1. The van der Waals surface area contributed by atoms with E-state index in [-0.39, 0.29) is 18.0 Å². The standard InChI is InChI=1S/C35H31NO2/c1-35(2,3)27-18-15-23(16-19-27)21-25-17-20-30-32(29-13-6-7-14-31(29)36-33(25)30)34(37)38-22-26-11-8-10-24-9-4-5-12-28(24)26/h4-16,18-19,21H,17,20,22H2,1-3H3. The molecule has 0 atom stereocenters. The van der Waals surface area contributed by atoms with Gasteiger partial charge >= 0.3 is 5.97 Å². The Morgan fingerprint density at radius 1 is 0.842 bits per heavy atom. The molecule has 38 heavy (non-hydrogen) atoms. The summed E-state index contributed by atoms with van der Waals surface area (Å²) in [6.07, 6.45) is 3.84. The van der Waals surface area contributed by atoms with Crippen LogP contribution in [0.15, 0.2) is 91.0 Å². The minimum atomic E-state index is -0.288. The van der Waals surface area contributed by atoms with E-state index in [0.717, 1.165) is 62.5 Å². The summed E-state index contributed by atoms with van der Waals surface area (Å²) in [5, 5.41) is 3.10. The molecule has 0 saturated heterocycles. The van der Waals surface area contributed by atoms with E-state index in [1.165, 1.54) is 5.56 Å². The second kappa shape index (κ2) is 9.57. The Balaban J connectivity index is 1.36. The lowest BCUT2D eigenvalue weighted by Crippen LogP contribution is -2.10. The first-order valence-corrected chi connectivity index (χ1v) is 13.3. The Kier molecular flexibility index (Phi) is 6.07. The highest BCUT2D eigenvalue weighted by Crippen LogP contribution is 2.38. The Hall–Kier alpha value is -4.24. The number of nitrogens with zero attached hydrogens (tertiary/aromatic N) is 1. The number of allylic oxidation sites excluding steroid dienone is 1. The summed E-state index contributed by atoms with van der Waals surface area (Å²) in [5.74, 6) is -0.288. The lowest BCUT2D eigenvalue weighted by Gasteiger charge is -2.18. The van der Waals surface area contributed by atoms with E-state index in [4.69, 9.17) is 9.72 Å². The van der Waals surface area contributed by atoms with Crippen LogP contribution in [0.1, 0.15) is 65.5 Å². The van der Waals surface area contributed by atoms with Crippen molar-refractivity contribution in [3.8, 4) is 0 Å². The van der Waals surface area contributed by atoms with Crippen molar-refractivity contribution in [2.24, 2.45) is 0 Å². The number of benzene rings is 4. The highest BCUT2D eigenvalue weighted by molar-refractivity contribution is 6.07. The molecule has 0 saturated carbocycles. The van der Waals surface area contributed by atoms with Gasteiger partial charge in [0.15, 0.2) is 0 Å². The van der Waals surface area contributed by atoms with Crippen molar-refractivity contribution in [3.63, 3.8) is 0 Å². The van der Waals surface area contributed by atoms with Crippen LogP contribution in [0.2, 0.25) is 0 Å². The van der Waals surface area contributed by atoms with Crippen molar-refractivity contribution in [2.75, 3.05) is 0 Å². The molecule has 0 fully saturated rings. The topological polar surface area (TPSA) is 39.2 Å². The van der Waals surface area contributed by atoms with Crippen LogP contribution in [-0.2, 0) is 23.2 Å². The number of fused-ring (bicyclic) bond motifs is 3. The number of hydrogen-bond donors (Lipinski definition) is 0. The maximum absolute atomic E-state index is 13.7. The van der Waals surface area contributed by atoms with Crippen LogP contribution in [0.5, 0.6) is 0 Å². The first-order valence-electron chi connectivity index (χ1n) is 13.3. The van der Waals surface area contributed by atoms with E-state index >= 15 is 0 Å². The molecule has 1 aliphatic carbocycles. The number of aromatic nitrogens is 1. The molecule has 0 aliphatic heterocycles. The van der Waals surface area contributed by atoms with E-state index in [2.05, 4.69) is 69.3 Å². The maximum Gasteiger partial charge on any atom is 0.339 e. The number of para-hydroxylation sites is 1. The molecule has 0 spiro atoms. The second-order valence-corrected chi connectivity index (χ2v) is 11.1. The maximum atomic E-state index is 13.7. The monoisotopic (exact) mass is 497 g/mol. The van der Waals surface area contributed by atoms with Crippen LogP contribution in [0.4, 0.5) is 0 Å². The molecule has 4 aromatic carbocycles. The molecular formula is C35H31NO2. The number of rotatable bonds is 4. The highest BCUT2D eigenvalue weighted by Gasteiger charge is 2.27. The number of hydrogen-bond acceptors (Lipinski definition) is 3. The summed E-state index contributed by atoms with van der Waals surface area (Å²) in [5.41, 5.74) is 8.13. The van der Waals surface area contributed by atoms with E-state index in [1.54, 1.807) is 0 Å². The number of pyridine rings is 1. The molecule has 0 unspecified atom stereocenters. The van der Waals surface area contributed by atoms with E-state index in [0.29, 0.717) is 5.56 Å². The average Bonchev–Trinajstić information content (AvgIpc) is 3.31. The molecule has 5 aromatic rings. The first-order chi connectivity index (χ1) is 18.4. The predicted octanol–water partition coefficient (Wildman–Crippen LogP) is 8.53. The average molecular weight is 498 g/mol. The first kappa shape index (κ1) is 24.1. The Bertz CT molecular complexity index is 1700. The second-order valence-electron chi connectivity index (χ2n) is 11.1. The molecule has 1 heterocycles. The molecule has 0 amide bonds. The highest BCUT2D eigenvalue weighted by atomic mass is 16.5. The fraction of sp³-hybridized carbons (Fsp3) is 0.200. The van der Waals surface area contributed by atoms with Gasteiger partial charge in [-0.15, -0.1) is 0 Å². The largest absolute Gasteiger partial charge is 0.457 e. The normalized spacial score (nSPS) is 14.2. The van der Waals surface area contributed by atoms with Crippen molar-refractivity contribution in [1.29, 1.82) is 0 Å². The van der Waals surface area contributed by atoms with Gasteiger partial charge in [-0.1, -0.05) is 106 Å². The third-order valence-corrected chi connectivity index (χ3v) is 7.50. The van der Waals surface area contributed by atoms with Crippen LogP contribution in [-0.4, -0.2) is 11.0 Å². The summed E-state index contributed by atoms with van der Waals surface area (Å²) in [7, 11) is 0. The molecule has 6 rings (SSSR count). The van der Waals surface area contributed by atoms with Gasteiger partial charge in [-0.25, -0.2) is 9.78 Å². The Morgan fingerprint density at radius 3 is 2.34 bits per heavy atom. The number of ether oxygens (including phenoxy) is 1. The number of esters is 1.